The van der Waals surface area contributed by atoms with Gasteiger partial charge in [0.1, 0.15) is 11.4 Å². The Morgan fingerprint density at radius 1 is 1.09 bits per heavy atom. The van der Waals surface area contributed by atoms with Crippen LogP contribution in [0.15, 0.2) is 53.5 Å². The second-order valence-electron chi connectivity index (χ2n) is 5.42. The molecule has 1 aromatic carbocycles. The minimum absolute atomic E-state index is 0.132. The van der Waals surface area contributed by atoms with Crippen molar-refractivity contribution in [1.82, 2.24) is 9.55 Å². The number of aromatic hydroxyl groups is 1. The number of aryl methyl sites for hydroxylation is 1. The smallest absolute Gasteiger partial charge is 0.256 e. The third-order valence-electron chi connectivity index (χ3n) is 3.83. The standard InChI is InChI=1S/C18H18N2O3/c21-11-2-1-4-14-12-15(7-8-16(14)22)20-17(23)9-6-13-5-3-10-19-18(13)20/h3,5-10,12,21-22H,1-2,4,11H2. The summed E-state index contributed by atoms with van der Waals surface area (Å²) in [4.78, 5) is 16.6. The lowest BCUT2D eigenvalue weighted by atomic mass is 10.1. The Morgan fingerprint density at radius 3 is 2.78 bits per heavy atom. The SMILES string of the molecule is O=c1ccc2cccnc2n1-c1ccc(O)c(CCCCO)c1. The lowest BCUT2D eigenvalue weighted by molar-refractivity contribution is 0.284. The second-order valence-corrected chi connectivity index (χ2v) is 5.42. The number of hydrogen-bond acceptors (Lipinski definition) is 4. The lowest BCUT2D eigenvalue weighted by Gasteiger charge is -2.12. The van der Waals surface area contributed by atoms with Gasteiger partial charge in [0.15, 0.2) is 0 Å². The summed E-state index contributed by atoms with van der Waals surface area (Å²) in [6.45, 7) is 0.132. The molecule has 0 saturated heterocycles. The van der Waals surface area contributed by atoms with Crippen LogP contribution in [0.3, 0.4) is 0 Å². The van der Waals surface area contributed by atoms with Gasteiger partial charge in [0.2, 0.25) is 0 Å². The molecule has 3 rings (SSSR count). The van der Waals surface area contributed by atoms with Gasteiger partial charge in [-0.1, -0.05) is 0 Å². The van der Waals surface area contributed by atoms with Crippen LogP contribution < -0.4 is 5.56 Å². The molecular weight excluding hydrogens is 292 g/mol. The van der Waals surface area contributed by atoms with Crippen molar-refractivity contribution in [2.24, 2.45) is 0 Å². The highest BCUT2D eigenvalue weighted by atomic mass is 16.3. The van der Waals surface area contributed by atoms with Crippen molar-refractivity contribution in [2.45, 2.75) is 19.3 Å². The number of unbranched alkanes of at least 4 members (excludes halogenated alkanes) is 1. The highest BCUT2D eigenvalue weighted by Crippen LogP contribution is 2.23. The molecule has 0 fully saturated rings. The van der Waals surface area contributed by atoms with Gasteiger partial charge in [0.25, 0.3) is 5.56 Å². The Morgan fingerprint density at radius 2 is 1.96 bits per heavy atom. The highest BCUT2D eigenvalue weighted by molar-refractivity contribution is 5.76. The van der Waals surface area contributed by atoms with E-state index in [0.29, 0.717) is 24.2 Å². The van der Waals surface area contributed by atoms with Gasteiger partial charge in [-0.05, 0) is 61.2 Å². The van der Waals surface area contributed by atoms with Gasteiger partial charge in [-0.2, -0.15) is 0 Å². The lowest BCUT2D eigenvalue weighted by Crippen LogP contribution is -2.18. The van der Waals surface area contributed by atoms with Crippen molar-refractivity contribution in [3.05, 3.63) is 64.6 Å². The van der Waals surface area contributed by atoms with E-state index in [9.17, 15) is 9.90 Å². The average molecular weight is 310 g/mol. The van der Waals surface area contributed by atoms with Gasteiger partial charge in [0, 0.05) is 24.3 Å². The number of aliphatic hydroxyl groups excluding tert-OH is 1. The highest BCUT2D eigenvalue weighted by Gasteiger charge is 2.09. The van der Waals surface area contributed by atoms with E-state index in [4.69, 9.17) is 5.11 Å². The van der Waals surface area contributed by atoms with E-state index < -0.39 is 0 Å². The predicted molar refractivity (Wildman–Crippen MR) is 89.0 cm³/mol. The zero-order chi connectivity index (χ0) is 16.2. The molecule has 2 N–H and O–H groups in total. The fourth-order valence-corrected chi connectivity index (χ4v) is 2.65. The number of rotatable bonds is 5. The molecule has 5 heteroatoms. The van der Waals surface area contributed by atoms with Crippen molar-refractivity contribution < 1.29 is 10.2 Å². The molecule has 0 bridgehead atoms. The van der Waals surface area contributed by atoms with Crippen molar-refractivity contribution >= 4 is 11.0 Å². The Balaban J connectivity index is 2.10. The van der Waals surface area contributed by atoms with Crippen molar-refractivity contribution in [3.63, 3.8) is 0 Å². The van der Waals surface area contributed by atoms with Crippen LogP contribution >= 0.6 is 0 Å². The first-order chi connectivity index (χ1) is 11.2. The number of phenolic OH excluding ortho intramolecular Hbond substituents is 1. The van der Waals surface area contributed by atoms with Crippen LogP contribution in [0.1, 0.15) is 18.4 Å². The summed E-state index contributed by atoms with van der Waals surface area (Å²) in [6, 6.07) is 12.1. The number of hydrogen-bond donors (Lipinski definition) is 2. The summed E-state index contributed by atoms with van der Waals surface area (Å²) in [5, 5.41) is 19.8. The van der Waals surface area contributed by atoms with Gasteiger partial charge in [-0.3, -0.25) is 9.36 Å². The molecule has 2 aromatic heterocycles. The first kappa shape index (κ1) is 15.2. The van der Waals surface area contributed by atoms with Crippen LogP contribution in [-0.2, 0) is 6.42 Å². The van der Waals surface area contributed by atoms with Gasteiger partial charge in [-0.25, -0.2) is 4.98 Å². The van der Waals surface area contributed by atoms with E-state index >= 15 is 0 Å². The van der Waals surface area contributed by atoms with Crippen molar-refractivity contribution in [2.75, 3.05) is 6.61 Å². The maximum absolute atomic E-state index is 12.3. The number of phenols is 1. The molecule has 3 aromatic rings. The number of benzene rings is 1. The molecule has 0 radical (unpaired) electrons. The maximum Gasteiger partial charge on any atom is 0.256 e. The minimum atomic E-state index is -0.164. The quantitative estimate of drug-likeness (QED) is 0.710. The molecule has 0 aliphatic carbocycles. The summed E-state index contributed by atoms with van der Waals surface area (Å²) in [7, 11) is 0. The van der Waals surface area contributed by atoms with E-state index in [0.717, 1.165) is 17.4 Å². The van der Waals surface area contributed by atoms with Crippen molar-refractivity contribution in [1.29, 1.82) is 0 Å². The van der Waals surface area contributed by atoms with E-state index in [-0.39, 0.29) is 17.9 Å². The fourth-order valence-electron chi connectivity index (χ4n) is 2.65. The second kappa shape index (κ2) is 6.62. The number of nitrogens with zero attached hydrogens (tertiary/aromatic N) is 2. The molecule has 2 heterocycles. The van der Waals surface area contributed by atoms with Gasteiger partial charge in [-0.15, -0.1) is 0 Å². The zero-order valence-electron chi connectivity index (χ0n) is 12.6. The van der Waals surface area contributed by atoms with E-state index in [1.165, 1.54) is 6.07 Å². The molecular formula is C18H18N2O3. The summed E-state index contributed by atoms with van der Waals surface area (Å²) in [5.41, 5.74) is 1.86. The van der Waals surface area contributed by atoms with Crippen LogP contribution in [0, 0.1) is 0 Å². The Hall–Kier alpha value is -2.66. The molecule has 5 nitrogen and oxygen atoms in total. The molecule has 118 valence electrons. The van der Waals surface area contributed by atoms with Gasteiger partial charge < -0.3 is 10.2 Å². The van der Waals surface area contributed by atoms with E-state index in [1.807, 2.05) is 18.2 Å². The predicted octanol–water partition coefficient (Wildman–Crippen LogP) is 2.41. The summed E-state index contributed by atoms with van der Waals surface area (Å²) in [6.07, 6.45) is 3.75. The first-order valence-electron chi connectivity index (χ1n) is 7.60. The van der Waals surface area contributed by atoms with Gasteiger partial charge >= 0.3 is 0 Å². The average Bonchev–Trinajstić information content (AvgIpc) is 2.57. The molecule has 23 heavy (non-hydrogen) atoms. The fraction of sp³-hybridized carbons (Fsp3) is 0.222. The Kier molecular flexibility index (Phi) is 4.39. The summed E-state index contributed by atoms with van der Waals surface area (Å²) < 4.78 is 1.55. The zero-order valence-corrected chi connectivity index (χ0v) is 12.6. The van der Waals surface area contributed by atoms with Crippen LogP contribution in [-0.4, -0.2) is 26.4 Å². The molecule has 0 atom stereocenters. The largest absolute Gasteiger partial charge is 0.508 e. The van der Waals surface area contributed by atoms with Gasteiger partial charge in [0.05, 0.1) is 5.69 Å². The number of aliphatic hydroxyl groups is 1. The number of pyridine rings is 2. The summed E-state index contributed by atoms with van der Waals surface area (Å²) >= 11 is 0. The van der Waals surface area contributed by atoms with Crippen LogP contribution in [0.4, 0.5) is 0 Å². The Labute approximate surface area is 133 Å². The van der Waals surface area contributed by atoms with Crippen LogP contribution in [0.5, 0.6) is 5.75 Å². The number of fused-ring (bicyclic) bond motifs is 1. The maximum atomic E-state index is 12.3. The molecule has 0 unspecified atom stereocenters. The molecule has 0 spiro atoms. The first-order valence-corrected chi connectivity index (χ1v) is 7.60. The van der Waals surface area contributed by atoms with Crippen LogP contribution in [0.2, 0.25) is 0 Å². The Bertz CT molecular complexity index is 887. The van der Waals surface area contributed by atoms with Crippen LogP contribution in [0.25, 0.3) is 16.7 Å². The monoisotopic (exact) mass is 310 g/mol. The van der Waals surface area contributed by atoms with E-state index in [1.54, 1.807) is 29.0 Å². The molecule has 0 saturated carbocycles. The molecule has 0 aliphatic rings. The third-order valence-corrected chi connectivity index (χ3v) is 3.83. The third kappa shape index (κ3) is 3.10. The van der Waals surface area contributed by atoms with Crippen molar-refractivity contribution in [3.8, 4) is 11.4 Å². The van der Waals surface area contributed by atoms with E-state index in [2.05, 4.69) is 4.98 Å². The minimum Gasteiger partial charge on any atom is -0.508 e. The molecule has 0 amide bonds. The topological polar surface area (TPSA) is 75.4 Å². The number of aromatic nitrogens is 2. The normalized spacial score (nSPS) is 11.0. The molecule has 0 aliphatic heterocycles. The summed E-state index contributed by atoms with van der Waals surface area (Å²) in [5.74, 6) is 0.202.